The van der Waals surface area contributed by atoms with E-state index >= 15 is 0 Å². The molecule has 18 heavy (non-hydrogen) atoms. The van der Waals surface area contributed by atoms with Crippen molar-refractivity contribution in [1.29, 1.82) is 0 Å². The molecular formula is C17H27N. The third-order valence-corrected chi connectivity index (χ3v) is 4.74. The Bertz CT molecular complexity index is 410. The van der Waals surface area contributed by atoms with E-state index in [0.29, 0.717) is 0 Å². The van der Waals surface area contributed by atoms with E-state index in [1.807, 2.05) is 0 Å². The van der Waals surface area contributed by atoms with Crippen molar-refractivity contribution in [2.45, 2.75) is 64.8 Å². The van der Waals surface area contributed by atoms with Gasteiger partial charge in [-0.2, -0.15) is 0 Å². The molecule has 0 aliphatic heterocycles. The summed E-state index contributed by atoms with van der Waals surface area (Å²) in [6, 6.07) is 6.72. The SMILES string of the molecule is CCC1CCCC(N)(c2cc(C)ccc2C)CC1. The fourth-order valence-electron chi connectivity index (χ4n) is 3.39. The van der Waals surface area contributed by atoms with Crippen LogP contribution in [0.4, 0.5) is 0 Å². The zero-order valence-electron chi connectivity index (χ0n) is 12.1. The molecule has 0 spiro atoms. The van der Waals surface area contributed by atoms with Crippen molar-refractivity contribution in [3.05, 3.63) is 34.9 Å². The molecule has 2 unspecified atom stereocenters. The van der Waals surface area contributed by atoms with Crippen molar-refractivity contribution in [2.24, 2.45) is 11.7 Å². The lowest BCUT2D eigenvalue weighted by Gasteiger charge is -2.31. The predicted molar refractivity (Wildman–Crippen MR) is 78.6 cm³/mol. The first kappa shape index (κ1) is 13.6. The van der Waals surface area contributed by atoms with E-state index in [2.05, 4.69) is 39.0 Å². The molecule has 1 nitrogen and oxygen atoms in total. The summed E-state index contributed by atoms with van der Waals surface area (Å²) < 4.78 is 0. The monoisotopic (exact) mass is 245 g/mol. The van der Waals surface area contributed by atoms with E-state index < -0.39 is 0 Å². The van der Waals surface area contributed by atoms with Crippen LogP contribution in [0.2, 0.25) is 0 Å². The van der Waals surface area contributed by atoms with Crippen LogP contribution in [-0.4, -0.2) is 0 Å². The summed E-state index contributed by atoms with van der Waals surface area (Å²) in [5.41, 5.74) is 10.8. The molecular weight excluding hydrogens is 218 g/mol. The molecule has 2 atom stereocenters. The quantitative estimate of drug-likeness (QED) is 0.765. The van der Waals surface area contributed by atoms with Crippen LogP contribution in [0.5, 0.6) is 0 Å². The van der Waals surface area contributed by atoms with Gasteiger partial charge in [0.1, 0.15) is 0 Å². The van der Waals surface area contributed by atoms with Crippen molar-refractivity contribution in [3.63, 3.8) is 0 Å². The molecule has 1 saturated carbocycles. The third kappa shape index (κ3) is 2.77. The van der Waals surface area contributed by atoms with Crippen molar-refractivity contribution < 1.29 is 0 Å². The standard InChI is InChI=1S/C17H27N/c1-4-15-6-5-10-17(18,11-9-15)16-12-13(2)7-8-14(16)3/h7-8,12,15H,4-6,9-11,18H2,1-3H3. The van der Waals surface area contributed by atoms with E-state index in [9.17, 15) is 0 Å². The smallest absolute Gasteiger partial charge is 0.0412 e. The van der Waals surface area contributed by atoms with Gasteiger partial charge in [-0.3, -0.25) is 0 Å². The predicted octanol–water partition coefficient (Wildman–Crippen LogP) is 4.45. The van der Waals surface area contributed by atoms with E-state index in [-0.39, 0.29) is 5.54 Å². The molecule has 2 rings (SSSR count). The molecule has 2 N–H and O–H groups in total. The van der Waals surface area contributed by atoms with Gasteiger partial charge >= 0.3 is 0 Å². The topological polar surface area (TPSA) is 26.0 Å². The zero-order valence-corrected chi connectivity index (χ0v) is 12.1. The molecule has 1 heteroatoms. The maximum absolute atomic E-state index is 6.77. The minimum Gasteiger partial charge on any atom is -0.321 e. The summed E-state index contributed by atoms with van der Waals surface area (Å²) in [7, 11) is 0. The van der Waals surface area contributed by atoms with Gasteiger partial charge in [0.25, 0.3) is 0 Å². The van der Waals surface area contributed by atoms with Gasteiger partial charge < -0.3 is 5.73 Å². The molecule has 1 fully saturated rings. The van der Waals surface area contributed by atoms with E-state index in [1.54, 1.807) is 0 Å². The first-order valence-corrected chi connectivity index (χ1v) is 7.42. The highest BCUT2D eigenvalue weighted by molar-refractivity contribution is 5.36. The number of hydrogen-bond donors (Lipinski definition) is 1. The fraction of sp³-hybridized carbons (Fsp3) is 0.647. The van der Waals surface area contributed by atoms with Crippen LogP contribution in [0.25, 0.3) is 0 Å². The molecule has 1 aromatic rings. The average molecular weight is 245 g/mol. The van der Waals surface area contributed by atoms with Crippen LogP contribution in [0.15, 0.2) is 18.2 Å². The Labute approximate surface area is 112 Å². The minimum absolute atomic E-state index is 0.0833. The van der Waals surface area contributed by atoms with Crippen LogP contribution >= 0.6 is 0 Å². The lowest BCUT2D eigenvalue weighted by Crippen LogP contribution is -2.37. The Balaban J connectivity index is 2.27. The van der Waals surface area contributed by atoms with Gasteiger partial charge in [-0.1, -0.05) is 49.9 Å². The second-order valence-corrected chi connectivity index (χ2v) is 6.18. The van der Waals surface area contributed by atoms with Gasteiger partial charge in [0.2, 0.25) is 0 Å². The van der Waals surface area contributed by atoms with Crippen LogP contribution < -0.4 is 5.73 Å². The molecule has 0 aromatic heterocycles. The lowest BCUT2D eigenvalue weighted by atomic mass is 9.80. The molecule has 1 aliphatic rings. The number of hydrogen-bond acceptors (Lipinski definition) is 1. The molecule has 0 bridgehead atoms. The summed E-state index contributed by atoms with van der Waals surface area (Å²) in [6.07, 6.45) is 7.54. The van der Waals surface area contributed by atoms with E-state index in [1.165, 1.54) is 42.4 Å². The largest absolute Gasteiger partial charge is 0.321 e. The second kappa shape index (κ2) is 5.44. The van der Waals surface area contributed by atoms with Crippen LogP contribution in [0.3, 0.4) is 0 Å². The number of benzene rings is 1. The number of rotatable bonds is 2. The van der Waals surface area contributed by atoms with Gasteiger partial charge in [-0.05, 0) is 50.2 Å². The molecule has 0 amide bonds. The van der Waals surface area contributed by atoms with Crippen LogP contribution in [0, 0.1) is 19.8 Å². The highest BCUT2D eigenvalue weighted by atomic mass is 14.7. The molecule has 0 heterocycles. The van der Waals surface area contributed by atoms with Gasteiger partial charge in [0.15, 0.2) is 0 Å². The first-order valence-electron chi connectivity index (χ1n) is 7.42. The normalized spacial score (nSPS) is 29.0. The zero-order chi connectivity index (χ0) is 13.2. The van der Waals surface area contributed by atoms with Gasteiger partial charge in [0, 0.05) is 5.54 Å². The van der Waals surface area contributed by atoms with Gasteiger partial charge in [-0.25, -0.2) is 0 Å². The van der Waals surface area contributed by atoms with Gasteiger partial charge in [0.05, 0.1) is 0 Å². The van der Waals surface area contributed by atoms with Crippen molar-refractivity contribution in [3.8, 4) is 0 Å². The minimum atomic E-state index is -0.0833. The first-order chi connectivity index (χ1) is 8.55. The Morgan fingerprint density at radius 2 is 2.00 bits per heavy atom. The Hall–Kier alpha value is -0.820. The highest BCUT2D eigenvalue weighted by Gasteiger charge is 2.31. The highest BCUT2D eigenvalue weighted by Crippen LogP contribution is 2.38. The maximum atomic E-state index is 6.77. The third-order valence-electron chi connectivity index (χ3n) is 4.74. The summed E-state index contributed by atoms with van der Waals surface area (Å²) in [6.45, 7) is 6.68. The summed E-state index contributed by atoms with van der Waals surface area (Å²) in [5.74, 6) is 0.889. The average Bonchev–Trinajstić information content (AvgIpc) is 2.55. The lowest BCUT2D eigenvalue weighted by molar-refractivity contribution is 0.370. The Morgan fingerprint density at radius 3 is 2.72 bits per heavy atom. The summed E-state index contributed by atoms with van der Waals surface area (Å²) in [5, 5.41) is 0. The Morgan fingerprint density at radius 1 is 1.22 bits per heavy atom. The van der Waals surface area contributed by atoms with Crippen LogP contribution in [0.1, 0.15) is 62.1 Å². The van der Waals surface area contributed by atoms with E-state index in [0.717, 1.165) is 18.8 Å². The molecule has 1 aromatic carbocycles. The van der Waals surface area contributed by atoms with Crippen molar-refractivity contribution in [1.82, 2.24) is 0 Å². The maximum Gasteiger partial charge on any atom is 0.0412 e. The van der Waals surface area contributed by atoms with Crippen LogP contribution in [-0.2, 0) is 5.54 Å². The molecule has 0 radical (unpaired) electrons. The van der Waals surface area contributed by atoms with Crippen molar-refractivity contribution >= 4 is 0 Å². The summed E-state index contributed by atoms with van der Waals surface area (Å²) in [4.78, 5) is 0. The Kier molecular flexibility index (Phi) is 4.11. The molecule has 1 aliphatic carbocycles. The number of aryl methyl sites for hydroxylation is 2. The molecule has 100 valence electrons. The van der Waals surface area contributed by atoms with E-state index in [4.69, 9.17) is 5.73 Å². The number of nitrogens with two attached hydrogens (primary N) is 1. The van der Waals surface area contributed by atoms with Crippen molar-refractivity contribution in [2.75, 3.05) is 0 Å². The summed E-state index contributed by atoms with van der Waals surface area (Å²) >= 11 is 0. The van der Waals surface area contributed by atoms with Gasteiger partial charge in [-0.15, -0.1) is 0 Å². The molecule has 0 saturated heterocycles. The fourth-order valence-corrected chi connectivity index (χ4v) is 3.39. The second-order valence-electron chi connectivity index (χ2n) is 6.18.